The summed E-state index contributed by atoms with van der Waals surface area (Å²) < 4.78 is 5.31. The first kappa shape index (κ1) is 17.9. The van der Waals surface area contributed by atoms with E-state index >= 15 is 0 Å². The Kier molecular flexibility index (Phi) is 5.99. The molecule has 0 aliphatic heterocycles. The van der Waals surface area contributed by atoms with Crippen LogP contribution in [0.5, 0.6) is 5.75 Å². The number of pyridine rings is 1. The van der Waals surface area contributed by atoms with Crippen molar-refractivity contribution in [2.45, 2.75) is 13.3 Å². The second-order valence-electron chi connectivity index (χ2n) is 5.04. The Bertz CT molecular complexity index is 779. The maximum atomic E-state index is 11.7. The normalized spacial score (nSPS) is 9.96. The van der Waals surface area contributed by atoms with Crippen LogP contribution in [0.25, 0.3) is 0 Å². The molecule has 2 amide bonds. The molecule has 9 nitrogen and oxygen atoms in total. The molecule has 0 aliphatic rings. The van der Waals surface area contributed by atoms with Crippen LogP contribution in [0.15, 0.2) is 42.6 Å². The van der Waals surface area contributed by atoms with Gasteiger partial charge in [-0.1, -0.05) is 12.1 Å². The molecule has 2 aromatic rings. The number of nitro benzene ring substituents is 1. The van der Waals surface area contributed by atoms with Gasteiger partial charge in [0.25, 0.3) is 5.91 Å². The molecule has 1 aromatic heterocycles. The molecular weight excluding hydrogens is 328 g/mol. The highest BCUT2D eigenvalue weighted by atomic mass is 16.6. The van der Waals surface area contributed by atoms with Crippen LogP contribution in [-0.4, -0.2) is 28.3 Å². The highest BCUT2D eigenvalue weighted by Crippen LogP contribution is 2.27. The first-order chi connectivity index (χ1) is 12.0. The van der Waals surface area contributed by atoms with Gasteiger partial charge in [-0.3, -0.25) is 35.5 Å². The Balaban J connectivity index is 1.80. The number of aromatic nitrogens is 1. The smallest absolute Gasteiger partial charge is 0.310 e. The van der Waals surface area contributed by atoms with Crippen molar-refractivity contribution in [3.05, 3.63) is 64.0 Å². The molecule has 130 valence electrons. The van der Waals surface area contributed by atoms with Gasteiger partial charge in [-0.05, 0) is 30.7 Å². The average molecular weight is 344 g/mol. The lowest BCUT2D eigenvalue weighted by molar-refractivity contribution is -0.385. The summed E-state index contributed by atoms with van der Waals surface area (Å²) in [5, 5.41) is 10.9. The number of nitrogens with zero attached hydrogens (tertiary/aromatic N) is 2. The van der Waals surface area contributed by atoms with E-state index in [1.54, 1.807) is 25.1 Å². The van der Waals surface area contributed by atoms with Crippen LogP contribution in [-0.2, 0) is 4.79 Å². The summed E-state index contributed by atoms with van der Waals surface area (Å²) in [5.41, 5.74) is 5.23. The first-order valence-electron chi connectivity index (χ1n) is 7.35. The highest BCUT2D eigenvalue weighted by molar-refractivity contribution is 5.93. The van der Waals surface area contributed by atoms with Crippen LogP contribution >= 0.6 is 0 Å². The van der Waals surface area contributed by atoms with E-state index in [9.17, 15) is 19.7 Å². The van der Waals surface area contributed by atoms with Crippen LogP contribution < -0.4 is 15.6 Å². The molecule has 1 aromatic carbocycles. The van der Waals surface area contributed by atoms with Crippen molar-refractivity contribution in [3.8, 4) is 5.75 Å². The molecule has 0 bridgehead atoms. The molecule has 2 rings (SSSR count). The zero-order chi connectivity index (χ0) is 18.2. The van der Waals surface area contributed by atoms with Crippen molar-refractivity contribution >= 4 is 17.5 Å². The number of aryl methyl sites for hydroxylation is 1. The lowest BCUT2D eigenvalue weighted by atomic mass is 10.2. The molecule has 0 fully saturated rings. The van der Waals surface area contributed by atoms with Crippen molar-refractivity contribution < 1.29 is 19.2 Å². The van der Waals surface area contributed by atoms with Gasteiger partial charge >= 0.3 is 5.69 Å². The largest absolute Gasteiger partial charge is 0.486 e. The number of amides is 2. The highest BCUT2D eigenvalue weighted by Gasteiger charge is 2.15. The maximum absolute atomic E-state index is 11.7. The van der Waals surface area contributed by atoms with Gasteiger partial charge in [-0.25, -0.2) is 0 Å². The molecule has 0 aliphatic carbocycles. The Morgan fingerprint density at radius 2 is 2.04 bits per heavy atom. The molecule has 0 spiro atoms. The van der Waals surface area contributed by atoms with Crippen LogP contribution in [0, 0.1) is 17.0 Å². The van der Waals surface area contributed by atoms with E-state index in [1.165, 1.54) is 24.4 Å². The second-order valence-corrected chi connectivity index (χ2v) is 5.04. The third-order valence-electron chi connectivity index (χ3n) is 3.11. The van der Waals surface area contributed by atoms with E-state index < -0.39 is 16.7 Å². The standard InChI is InChI=1S/C16H16N4O5/c1-11-5-6-13(20(23)24)14(10-11)25-9-7-15(21)18-19-16(22)12-4-2-3-8-17-12/h2-6,8,10H,7,9H2,1H3,(H,18,21)(H,19,22). The van der Waals surface area contributed by atoms with Gasteiger partial charge in [0.1, 0.15) is 5.69 Å². The van der Waals surface area contributed by atoms with Crippen molar-refractivity contribution in [3.63, 3.8) is 0 Å². The molecule has 25 heavy (non-hydrogen) atoms. The predicted octanol–water partition coefficient (Wildman–Crippen LogP) is 1.53. The van der Waals surface area contributed by atoms with Crippen molar-refractivity contribution in [1.82, 2.24) is 15.8 Å². The van der Waals surface area contributed by atoms with Gasteiger partial charge in [-0.2, -0.15) is 0 Å². The van der Waals surface area contributed by atoms with Gasteiger partial charge in [0.05, 0.1) is 18.0 Å². The van der Waals surface area contributed by atoms with E-state index in [-0.39, 0.29) is 30.2 Å². The molecule has 0 saturated carbocycles. The molecule has 0 unspecified atom stereocenters. The Hall–Kier alpha value is -3.49. The summed E-state index contributed by atoms with van der Waals surface area (Å²) in [6.07, 6.45) is 1.37. The Labute approximate surface area is 143 Å². The number of hydrogen-bond acceptors (Lipinski definition) is 6. The summed E-state index contributed by atoms with van der Waals surface area (Å²) in [4.78, 5) is 37.6. The molecule has 0 radical (unpaired) electrons. The van der Waals surface area contributed by atoms with Crippen molar-refractivity contribution in [1.29, 1.82) is 0 Å². The van der Waals surface area contributed by atoms with Crippen molar-refractivity contribution in [2.24, 2.45) is 0 Å². The van der Waals surface area contributed by atoms with Crippen LogP contribution in [0.3, 0.4) is 0 Å². The fraction of sp³-hybridized carbons (Fsp3) is 0.188. The van der Waals surface area contributed by atoms with Crippen LogP contribution in [0.1, 0.15) is 22.5 Å². The van der Waals surface area contributed by atoms with Gasteiger partial charge in [0.2, 0.25) is 5.91 Å². The van der Waals surface area contributed by atoms with Gasteiger partial charge in [-0.15, -0.1) is 0 Å². The molecule has 2 N–H and O–H groups in total. The number of ether oxygens (including phenoxy) is 1. The molecule has 9 heteroatoms. The lowest BCUT2D eigenvalue weighted by Crippen LogP contribution is -2.42. The zero-order valence-electron chi connectivity index (χ0n) is 13.4. The first-order valence-corrected chi connectivity index (χ1v) is 7.35. The number of nitro groups is 1. The Morgan fingerprint density at radius 3 is 2.72 bits per heavy atom. The van der Waals surface area contributed by atoms with Crippen molar-refractivity contribution in [2.75, 3.05) is 6.61 Å². The third-order valence-corrected chi connectivity index (χ3v) is 3.11. The second kappa shape index (κ2) is 8.39. The summed E-state index contributed by atoms with van der Waals surface area (Å²) in [7, 11) is 0. The summed E-state index contributed by atoms with van der Waals surface area (Å²) in [6.45, 7) is 1.70. The fourth-order valence-electron chi connectivity index (χ4n) is 1.89. The summed E-state index contributed by atoms with van der Waals surface area (Å²) in [6, 6.07) is 9.28. The number of carbonyl (C=O) groups is 2. The summed E-state index contributed by atoms with van der Waals surface area (Å²) >= 11 is 0. The monoisotopic (exact) mass is 344 g/mol. The number of carbonyl (C=O) groups excluding carboxylic acids is 2. The third kappa shape index (κ3) is 5.27. The summed E-state index contributed by atoms with van der Waals surface area (Å²) in [5.74, 6) is -0.959. The minimum absolute atomic E-state index is 0.0738. The number of hydrazine groups is 1. The quantitative estimate of drug-likeness (QED) is 0.605. The number of benzene rings is 1. The fourth-order valence-corrected chi connectivity index (χ4v) is 1.89. The maximum Gasteiger partial charge on any atom is 0.310 e. The van der Waals surface area contributed by atoms with E-state index in [0.717, 1.165) is 5.56 Å². The van der Waals surface area contributed by atoms with E-state index in [1.807, 2.05) is 0 Å². The van der Waals surface area contributed by atoms with E-state index in [2.05, 4.69) is 15.8 Å². The Morgan fingerprint density at radius 1 is 1.24 bits per heavy atom. The van der Waals surface area contributed by atoms with Gasteiger partial charge in [0, 0.05) is 12.3 Å². The number of hydrogen-bond donors (Lipinski definition) is 2. The molecule has 0 saturated heterocycles. The topological polar surface area (TPSA) is 123 Å². The number of nitrogens with one attached hydrogen (secondary N) is 2. The van der Waals surface area contributed by atoms with Gasteiger partial charge < -0.3 is 4.74 Å². The molecule has 1 heterocycles. The average Bonchev–Trinajstić information content (AvgIpc) is 2.60. The van der Waals surface area contributed by atoms with E-state index in [4.69, 9.17) is 4.74 Å². The minimum atomic E-state index is -0.554. The minimum Gasteiger partial charge on any atom is -0.486 e. The molecular formula is C16H16N4O5. The molecule has 0 atom stereocenters. The van der Waals surface area contributed by atoms with E-state index in [0.29, 0.717) is 0 Å². The van der Waals surface area contributed by atoms with Crippen LogP contribution in [0.4, 0.5) is 5.69 Å². The SMILES string of the molecule is Cc1ccc([N+](=O)[O-])c(OCCC(=O)NNC(=O)c2ccccn2)c1. The lowest BCUT2D eigenvalue weighted by Gasteiger charge is -2.09. The zero-order valence-corrected chi connectivity index (χ0v) is 13.4. The van der Waals surface area contributed by atoms with Gasteiger partial charge in [0.15, 0.2) is 5.75 Å². The number of rotatable bonds is 6. The predicted molar refractivity (Wildman–Crippen MR) is 87.8 cm³/mol. The van der Waals surface area contributed by atoms with Crippen LogP contribution in [0.2, 0.25) is 0 Å².